The van der Waals surface area contributed by atoms with Crippen LogP contribution in [0.25, 0.3) is 0 Å². The first-order valence-corrected chi connectivity index (χ1v) is 10.0. The molecule has 1 N–H and O–H groups in total. The SMILES string of the molecule is CCC(=O)N(c1ccccc1)[C@H]1CCN(C[C@@H](O)c2ccc(F)cc2)C[C@H]1C. The van der Waals surface area contributed by atoms with Gasteiger partial charge in [-0.2, -0.15) is 0 Å². The molecule has 2 aromatic carbocycles. The molecule has 2 aromatic rings. The molecule has 0 spiro atoms. The van der Waals surface area contributed by atoms with Gasteiger partial charge in [0.1, 0.15) is 5.82 Å². The summed E-state index contributed by atoms with van der Waals surface area (Å²) in [7, 11) is 0. The number of aliphatic hydroxyl groups excluding tert-OH is 1. The zero-order valence-corrected chi connectivity index (χ0v) is 16.6. The number of anilines is 1. The second-order valence-corrected chi connectivity index (χ2v) is 7.61. The Labute approximate surface area is 166 Å². The summed E-state index contributed by atoms with van der Waals surface area (Å²) in [4.78, 5) is 16.9. The van der Waals surface area contributed by atoms with Crippen molar-refractivity contribution in [3.8, 4) is 0 Å². The largest absolute Gasteiger partial charge is 0.387 e. The van der Waals surface area contributed by atoms with Crippen molar-refractivity contribution >= 4 is 11.6 Å². The van der Waals surface area contributed by atoms with Gasteiger partial charge in [0.25, 0.3) is 0 Å². The van der Waals surface area contributed by atoms with Gasteiger partial charge in [-0.05, 0) is 42.2 Å². The van der Waals surface area contributed by atoms with Crippen LogP contribution in [0.4, 0.5) is 10.1 Å². The van der Waals surface area contributed by atoms with Crippen LogP contribution >= 0.6 is 0 Å². The number of benzene rings is 2. The normalized spacial score (nSPS) is 21.3. The molecule has 5 heteroatoms. The molecule has 0 bridgehead atoms. The smallest absolute Gasteiger partial charge is 0.226 e. The number of hydrogen-bond donors (Lipinski definition) is 1. The highest BCUT2D eigenvalue weighted by Gasteiger charge is 2.34. The number of halogens is 1. The summed E-state index contributed by atoms with van der Waals surface area (Å²) in [6, 6.07) is 16.0. The summed E-state index contributed by atoms with van der Waals surface area (Å²) in [6.45, 7) is 6.20. The van der Waals surface area contributed by atoms with Crippen molar-refractivity contribution in [1.29, 1.82) is 0 Å². The lowest BCUT2D eigenvalue weighted by atomic mass is 9.91. The highest BCUT2D eigenvalue weighted by atomic mass is 19.1. The van der Waals surface area contributed by atoms with Gasteiger partial charge in [-0.3, -0.25) is 9.69 Å². The molecule has 1 fully saturated rings. The number of nitrogens with zero attached hydrogens (tertiary/aromatic N) is 2. The maximum absolute atomic E-state index is 13.1. The molecule has 0 aromatic heterocycles. The fraction of sp³-hybridized carbons (Fsp3) is 0.435. The molecular weight excluding hydrogens is 355 g/mol. The summed E-state index contributed by atoms with van der Waals surface area (Å²) in [6.07, 6.45) is 0.690. The molecular formula is C23H29FN2O2. The van der Waals surface area contributed by atoms with Crippen LogP contribution in [0.5, 0.6) is 0 Å². The predicted octanol–water partition coefficient (Wildman–Crippen LogP) is 4.01. The summed E-state index contributed by atoms with van der Waals surface area (Å²) in [5.41, 5.74) is 1.68. The molecule has 0 saturated carbocycles. The summed E-state index contributed by atoms with van der Waals surface area (Å²) in [5, 5.41) is 10.5. The minimum absolute atomic E-state index is 0.142. The molecule has 28 heavy (non-hydrogen) atoms. The molecule has 4 nitrogen and oxygen atoms in total. The molecule has 1 aliphatic rings. The van der Waals surface area contributed by atoms with E-state index < -0.39 is 6.10 Å². The van der Waals surface area contributed by atoms with Gasteiger partial charge in [0, 0.05) is 37.8 Å². The van der Waals surface area contributed by atoms with Gasteiger partial charge in [-0.1, -0.05) is 44.2 Å². The van der Waals surface area contributed by atoms with Gasteiger partial charge in [0.2, 0.25) is 5.91 Å². The first-order chi connectivity index (χ1) is 13.5. The van der Waals surface area contributed by atoms with Crippen molar-refractivity contribution in [2.24, 2.45) is 5.92 Å². The lowest BCUT2D eigenvalue weighted by Gasteiger charge is -2.43. The third-order valence-electron chi connectivity index (χ3n) is 5.57. The van der Waals surface area contributed by atoms with E-state index in [2.05, 4.69) is 11.8 Å². The van der Waals surface area contributed by atoms with E-state index in [-0.39, 0.29) is 23.7 Å². The lowest BCUT2D eigenvalue weighted by molar-refractivity contribution is -0.119. The van der Waals surface area contributed by atoms with E-state index in [4.69, 9.17) is 0 Å². The average Bonchev–Trinajstić information content (AvgIpc) is 2.71. The second kappa shape index (κ2) is 9.30. The molecule has 0 aliphatic carbocycles. The Kier molecular flexibility index (Phi) is 6.81. The maximum atomic E-state index is 13.1. The maximum Gasteiger partial charge on any atom is 0.226 e. The van der Waals surface area contributed by atoms with Gasteiger partial charge >= 0.3 is 0 Å². The minimum atomic E-state index is -0.646. The minimum Gasteiger partial charge on any atom is -0.387 e. The number of hydrogen-bond acceptors (Lipinski definition) is 3. The Bertz CT molecular complexity index is 766. The molecule has 3 atom stereocenters. The zero-order valence-electron chi connectivity index (χ0n) is 16.6. The third kappa shape index (κ3) is 4.78. The monoisotopic (exact) mass is 384 g/mol. The van der Waals surface area contributed by atoms with Crippen molar-refractivity contribution in [3.63, 3.8) is 0 Å². The fourth-order valence-corrected chi connectivity index (χ4v) is 4.08. The summed E-state index contributed by atoms with van der Waals surface area (Å²) < 4.78 is 13.1. The Morgan fingerprint density at radius 3 is 2.50 bits per heavy atom. The Hall–Kier alpha value is -2.24. The number of piperidine rings is 1. The molecule has 0 radical (unpaired) electrons. The molecule has 150 valence electrons. The van der Waals surface area contributed by atoms with E-state index in [1.165, 1.54) is 12.1 Å². The van der Waals surface area contributed by atoms with E-state index in [1.54, 1.807) is 12.1 Å². The van der Waals surface area contributed by atoms with Gasteiger partial charge in [-0.25, -0.2) is 4.39 Å². The number of rotatable bonds is 6. The van der Waals surface area contributed by atoms with Crippen LogP contribution in [0.1, 0.15) is 38.4 Å². The average molecular weight is 384 g/mol. The van der Waals surface area contributed by atoms with Crippen LogP contribution in [-0.2, 0) is 4.79 Å². The van der Waals surface area contributed by atoms with Crippen molar-refractivity contribution in [1.82, 2.24) is 4.90 Å². The summed E-state index contributed by atoms with van der Waals surface area (Å²) in [5.74, 6) is 0.125. The number of aliphatic hydroxyl groups is 1. The van der Waals surface area contributed by atoms with E-state index in [0.717, 1.165) is 30.8 Å². The van der Waals surface area contributed by atoms with E-state index in [1.807, 2.05) is 42.2 Å². The van der Waals surface area contributed by atoms with Crippen LogP contribution in [0.2, 0.25) is 0 Å². The molecule has 1 saturated heterocycles. The van der Waals surface area contributed by atoms with Crippen LogP contribution in [0, 0.1) is 11.7 Å². The predicted molar refractivity (Wildman–Crippen MR) is 110 cm³/mol. The van der Waals surface area contributed by atoms with Gasteiger partial charge in [0.05, 0.1) is 6.10 Å². The number of para-hydroxylation sites is 1. The first kappa shape index (κ1) is 20.5. The Balaban J connectivity index is 1.66. The molecule has 1 amide bonds. The number of β-amino-alcohol motifs (C(OH)–C–C–N with tert-alkyl or cyclic N) is 1. The Morgan fingerprint density at radius 1 is 1.21 bits per heavy atom. The number of likely N-dealkylation sites (tertiary alicyclic amines) is 1. The number of carbonyl (C=O) groups excluding carboxylic acids is 1. The zero-order chi connectivity index (χ0) is 20.1. The van der Waals surface area contributed by atoms with Crippen molar-refractivity contribution in [2.45, 2.75) is 38.8 Å². The third-order valence-corrected chi connectivity index (χ3v) is 5.57. The lowest BCUT2D eigenvalue weighted by Crippen LogP contribution is -2.52. The van der Waals surface area contributed by atoms with E-state index in [0.29, 0.717) is 13.0 Å². The number of amides is 1. The highest BCUT2D eigenvalue weighted by molar-refractivity contribution is 5.93. The molecule has 0 unspecified atom stereocenters. The Morgan fingerprint density at radius 2 is 1.89 bits per heavy atom. The quantitative estimate of drug-likeness (QED) is 0.818. The van der Waals surface area contributed by atoms with Crippen molar-refractivity contribution in [3.05, 3.63) is 66.0 Å². The van der Waals surface area contributed by atoms with Crippen molar-refractivity contribution < 1.29 is 14.3 Å². The van der Waals surface area contributed by atoms with Crippen LogP contribution in [0.3, 0.4) is 0 Å². The standard InChI is InChI=1S/C23H29FN2O2/c1-3-23(28)26(20-7-5-4-6-8-20)21-13-14-25(15-17(21)2)16-22(27)18-9-11-19(24)12-10-18/h4-12,17,21-22,27H,3,13-16H2,1-2H3/t17-,21+,22-/m1/s1. The van der Waals surface area contributed by atoms with Crippen LogP contribution < -0.4 is 4.90 Å². The van der Waals surface area contributed by atoms with Crippen molar-refractivity contribution in [2.75, 3.05) is 24.5 Å². The topological polar surface area (TPSA) is 43.8 Å². The molecule has 3 rings (SSSR count). The molecule has 1 aliphatic heterocycles. The second-order valence-electron chi connectivity index (χ2n) is 7.61. The van der Waals surface area contributed by atoms with Crippen LogP contribution in [-0.4, -0.2) is 41.6 Å². The molecule has 1 heterocycles. The number of carbonyl (C=O) groups is 1. The highest BCUT2D eigenvalue weighted by Crippen LogP contribution is 2.29. The fourth-order valence-electron chi connectivity index (χ4n) is 4.08. The first-order valence-electron chi connectivity index (χ1n) is 10.0. The van der Waals surface area contributed by atoms with Gasteiger partial charge in [0.15, 0.2) is 0 Å². The van der Waals surface area contributed by atoms with Gasteiger partial charge in [-0.15, -0.1) is 0 Å². The van der Waals surface area contributed by atoms with E-state index >= 15 is 0 Å². The van der Waals surface area contributed by atoms with E-state index in [9.17, 15) is 14.3 Å². The van der Waals surface area contributed by atoms with Crippen LogP contribution in [0.15, 0.2) is 54.6 Å². The summed E-state index contributed by atoms with van der Waals surface area (Å²) >= 11 is 0. The van der Waals surface area contributed by atoms with Gasteiger partial charge < -0.3 is 10.0 Å².